The molecule has 0 spiro atoms. The molecule has 1 saturated heterocycles. The quantitative estimate of drug-likeness (QED) is 0.541. The Morgan fingerprint density at radius 2 is 2.14 bits per heavy atom. The minimum Gasteiger partial charge on any atom is -0.481 e. The van der Waals surface area contributed by atoms with Crippen LogP contribution in [-0.2, 0) is 14.3 Å². The zero-order valence-electron chi connectivity index (χ0n) is 7.29. The lowest BCUT2D eigenvalue weighted by Gasteiger charge is -2.25. The van der Waals surface area contributed by atoms with E-state index in [4.69, 9.17) is 9.84 Å². The highest BCUT2D eigenvalue weighted by Gasteiger charge is 2.68. The molecule has 76 valence electrons. The van der Waals surface area contributed by atoms with Gasteiger partial charge in [-0.05, 0) is 6.42 Å². The van der Waals surface area contributed by atoms with Gasteiger partial charge in [0.2, 0.25) is 0 Å². The molecule has 0 aromatic carbocycles. The van der Waals surface area contributed by atoms with Crippen LogP contribution in [-0.4, -0.2) is 34.4 Å². The first-order valence-electron chi connectivity index (χ1n) is 4.72. The molecule has 3 rings (SSSR count). The summed E-state index contributed by atoms with van der Waals surface area (Å²) >= 11 is 0. The molecule has 14 heavy (non-hydrogen) atoms. The van der Waals surface area contributed by atoms with Crippen LogP contribution in [0.15, 0.2) is 0 Å². The molecule has 0 radical (unpaired) electrons. The number of fused-ring (bicyclic) bond motifs is 1. The van der Waals surface area contributed by atoms with E-state index in [1.807, 2.05) is 0 Å². The minimum absolute atomic E-state index is 0.0661. The van der Waals surface area contributed by atoms with Gasteiger partial charge in [0.25, 0.3) is 0 Å². The number of ether oxygens (including phenoxy) is 1. The van der Waals surface area contributed by atoms with E-state index in [1.54, 1.807) is 0 Å². The molecule has 2 N–H and O–H groups in total. The number of carbonyl (C=O) groups excluding carboxylic acids is 1. The topological polar surface area (TPSA) is 83.8 Å². The van der Waals surface area contributed by atoms with Crippen LogP contribution in [0.1, 0.15) is 6.42 Å². The molecule has 0 aromatic rings. The van der Waals surface area contributed by atoms with E-state index < -0.39 is 36.0 Å². The maximum atomic E-state index is 11.4. The third-order valence-corrected chi connectivity index (χ3v) is 3.86. The molecular formula is C9H10O5. The molecule has 1 heterocycles. The summed E-state index contributed by atoms with van der Waals surface area (Å²) in [6.45, 7) is 0. The first-order valence-corrected chi connectivity index (χ1v) is 4.72. The Balaban J connectivity index is 2.04. The first-order chi connectivity index (χ1) is 6.61. The summed E-state index contributed by atoms with van der Waals surface area (Å²) in [5, 5.41) is 18.7. The summed E-state index contributed by atoms with van der Waals surface area (Å²) < 4.78 is 4.98. The lowest BCUT2D eigenvalue weighted by Crippen LogP contribution is -2.40. The summed E-state index contributed by atoms with van der Waals surface area (Å²) in [6.07, 6.45) is -0.601. The number of hydrogen-bond donors (Lipinski definition) is 2. The van der Waals surface area contributed by atoms with Crippen molar-refractivity contribution in [1.82, 2.24) is 0 Å². The van der Waals surface area contributed by atoms with Crippen LogP contribution in [0.25, 0.3) is 0 Å². The lowest BCUT2D eigenvalue weighted by molar-refractivity contribution is -0.151. The van der Waals surface area contributed by atoms with Crippen LogP contribution >= 0.6 is 0 Å². The molecule has 1 aliphatic heterocycles. The van der Waals surface area contributed by atoms with Crippen LogP contribution in [0.2, 0.25) is 0 Å². The number of rotatable bonds is 1. The summed E-state index contributed by atoms with van der Waals surface area (Å²) in [4.78, 5) is 22.3. The summed E-state index contributed by atoms with van der Waals surface area (Å²) in [6, 6.07) is 0. The Kier molecular flexibility index (Phi) is 1.34. The fraction of sp³-hybridized carbons (Fsp3) is 0.778. The Bertz CT molecular complexity index is 325. The van der Waals surface area contributed by atoms with Gasteiger partial charge in [0.1, 0.15) is 6.10 Å². The van der Waals surface area contributed by atoms with Gasteiger partial charge in [0.05, 0.1) is 17.9 Å². The van der Waals surface area contributed by atoms with E-state index in [0.717, 1.165) is 0 Å². The van der Waals surface area contributed by atoms with E-state index in [1.165, 1.54) is 0 Å². The molecular weight excluding hydrogens is 188 g/mol. The Labute approximate surface area is 79.7 Å². The highest BCUT2D eigenvalue weighted by molar-refractivity contribution is 5.85. The van der Waals surface area contributed by atoms with Crippen LogP contribution in [0.5, 0.6) is 0 Å². The Morgan fingerprint density at radius 1 is 1.43 bits per heavy atom. The molecule has 3 fully saturated rings. The smallest absolute Gasteiger partial charge is 0.310 e. The van der Waals surface area contributed by atoms with Crippen molar-refractivity contribution in [1.29, 1.82) is 0 Å². The number of aliphatic carboxylic acids is 1. The van der Waals surface area contributed by atoms with Crippen molar-refractivity contribution in [2.75, 3.05) is 0 Å². The van der Waals surface area contributed by atoms with Crippen molar-refractivity contribution in [2.24, 2.45) is 23.7 Å². The predicted octanol–water partition coefficient (Wildman–Crippen LogP) is -0.761. The number of hydrogen-bond acceptors (Lipinski definition) is 4. The fourth-order valence-corrected chi connectivity index (χ4v) is 3.36. The molecule has 2 aliphatic carbocycles. The molecule has 0 unspecified atom stereocenters. The summed E-state index contributed by atoms with van der Waals surface area (Å²) in [5.74, 6) is -3.03. The Hall–Kier alpha value is -1.10. The molecule has 0 amide bonds. The number of aliphatic hydroxyl groups excluding tert-OH is 1. The second kappa shape index (κ2) is 2.28. The zero-order valence-corrected chi connectivity index (χ0v) is 7.29. The van der Waals surface area contributed by atoms with Gasteiger partial charge in [-0.3, -0.25) is 9.59 Å². The van der Waals surface area contributed by atoms with Gasteiger partial charge in [-0.25, -0.2) is 0 Å². The second-order valence-electron chi connectivity index (χ2n) is 4.35. The van der Waals surface area contributed by atoms with Crippen LogP contribution < -0.4 is 0 Å². The average Bonchev–Trinajstić information content (AvgIpc) is 2.67. The SMILES string of the molecule is O=C1O[C@H]2[C@H](O)[C@@H]3C[C@H]2[C@H]1[C@H]3C(=O)O. The van der Waals surface area contributed by atoms with Crippen molar-refractivity contribution >= 4 is 11.9 Å². The van der Waals surface area contributed by atoms with E-state index >= 15 is 0 Å². The third-order valence-electron chi connectivity index (χ3n) is 3.86. The molecule has 0 aromatic heterocycles. The predicted molar refractivity (Wildman–Crippen MR) is 42.1 cm³/mol. The van der Waals surface area contributed by atoms with Gasteiger partial charge in [-0.15, -0.1) is 0 Å². The lowest BCUT2D eigenvalue weighted by atomic mass is 9.79. The fourth-order valence-electron chi connectivity index (χ4n) is 3.36. The van der Waals surface area contributed by atoms with Crippen molar-refractivity contribution in [2.45, 2.75) is 18.6 Å². The second-order valence-corrected chi connectivity index (χ2v) is 4.35. The van der Waals surface area contributed by atoms with Crippen molar-refractivity contribution in [3.8, 4) is 0 Å². The number of esters is 1. The maximum absolute atomic E-state index is 11.4. The van der Waals surface area contributed by atoms with Crippen molar-refractivity contribution in [3.63, 3.8) is 0 Å². The van der Waals surface area contributed by atoms with Crippen LogP contribution in [0, 0.1) is 23.7 Å². The van der Waals surface area contributed by atoms with Gasteiger partial charge in [-0.1, -0.05) is 0 Å². The highest BCUT2D eigenvalue weighted by atomic mass is 16.6. The summed E-state index contributed by atoms with van der Waals surface area (Å²) in [7, 11) is 0. The Morgan fingerprint density at radius 3 is 2.79 bits per heavy atom. The number of carboxylic acid groups (broad SMARTS) is 1. The van der Waals surface area contributed by atoms with Crippen molar-refractivity contribution in [3.05, 3.63) is 0 Å². The van der Waals surface area contributed by atoms with E-state index in [0.29, 0.717) is 6.42 Å². The van der Waals surface area contributed by atoms with E-state index in [2.05, 4.69) is 0 Å². The van der Waals surface area contributed by atoms with Gasteiger partial charge in [0, 0.05) is 11.8 Å². The van der Waals surface area contributed by atoms with Crippen LogP contribution in [0.3, 0.4) is 0 Å². The van der Waals surface area contributed by atoms with Crippen LogP contribution in [0.4, 0.5) is 0 Å². The molecule has 5 heteroatoms. The summed E-state index contributed by atoms with van der Waals surface area (Å²) in [5.41, 5.74) is 0. The van der Waals surface area contributed by atoms with Crippen molar-refractivity contribution < 1.29 is 24.5 Å². The molecule has 2 saturated carbocycles. The third kappa shape index (κ3) is 0.706. The number of carboxylic acids is 1. The van der Waals surface area contributed by atoms with Gasteiger partial charge >= 0.3 is 11.9 Å². The largest absolute Gasteiger partial charge is 0.481 e. The van der Waals surface area contributed by atoms with E-state index in [9.17, 15) is 14.7 Å². The van der Waals surface area contributed by atoms with Gasteiger partial charge in [-0.2, -0.15) is 0 Å². The zero-order chi connectivity index (χ0) is 10.0. The van der Waals surface area contributed by atoms with Gasteiger partial charge < -0.3 is 14.9 Å². The average molecular weight is 198 g/mol. The standard InChI is InChI=1S/C9H10O5/c10-6-2-1-3-5(4(2)8(11)12)9(13)14-7(3)6/h2-7,10H,1H2,(H,11,12)/t2-,3+,4+,5+,6-,7-/m1/s1. The minimum atomic E-state index is -0.987. The molecule has 3 aliphatic rings. The normalized spacial score (nSPS) is 53.6. The number of aliphatic hydroxyl groups is 1. The first kappa shape index (κ1) is 8.23. The molecule has 2 bridgehead atoms. The highest BCUT2D eigenvalue weighted by Crippen LogP contribution is 2.57. The monoisotopic (exact) mass is 198 g/mol. The van der Waals surface area contributed by atoms with Gasteiger partial charge in [0.15, 0.2) is 0 Å². The molecule has 5 nitrogen and oxygen atoms in total. The van der Waals surface area contributed by atoms with E-state index in [-0.39, 0.29) is 11.8 Å². The molecule has 6 atom stereocenters. The number of carbonyl (C=O) groups is 2. The maximum Gasteiger partial charge on any atom is 0.310 e.